The van der Waals surface area contributed by atoms with Gasteiger partial charge in [-0.15, -0.1) is 0 Å². The van der Waals surface area contributed by atoms with E-state index in [0.29, 0.717) is 27.1 Å². The molecule has 0 bridgehead atoms. The highest BCUT2D eigenvalue weighted by Gasteiger charge is 2.10. The Morgan fingerprint density at radius 1 is 1.00 bits per heavy atom. The van der Waals surface area contributed by atoms with Crippen LogP contribution in [-0.4, -0.2) is 11.3 Å². The molecule has 5 heteroatoms. The highest BCUT2D eigenvalue weighted by molar-refractivity contribution is 6.35. The second-order valence-electron chi connectivity index (χ2n) is 5.12. The minimum absolute atomic E-state index is 0.183. The summed E-state index contributed by atoms with van der Waals surface area (Å²) in [6.07, 6.45) is 1.51. The second kappa shape index (κ2) is 6.49. The van der Waals surface area contributed by atoms with Crippen molar-refractivity contribution in [2.75, 3.05) is 0 Å². The molecule has 23 heavy (non-hydrogen) atoms. The Bertz CT molecular complexity index is 847. The summed E-state index contributed by atoms with van der Waals surface area (Å²) >= 11 is 11.9. The molecule has 0 radical (unpaired) electrons. The number of aromatic hydroxyl groups is 1. The van der Waals surface area contributed by atoms with Crippen molar-refractivity contribution in [3.8, 4) is 17.3 Å². The Labute approximate surface area is 143 Å². The Hall–Kier alpha value is -2.23. The van der Waals surface area contributed by atoms with E-state index in [1.54, 1.807) is 24.3 Å². The second-order valence-corrected chi connectivity index (χ2v) is 6.00. The molecule has 1 N–H and O–H groups in total. The summed E-state index contributed by atoms with van der Waals surface area (Å²) in [7, 11) is 0. The summed E-state index contributed by atoms with van der Waals surface area (Å²) in [5.41, 5.74) is 3.12. The summed E-state index contributed by atoms with van der Waals surface area (Å²) in [6, 6.07) is 14.6. The standard InChI is InChI=1S/C18H13Cl2NO2/c1-11-2-4-12(5-3-11)17-6-13(18(22)23-17)10-21-16-8-14(19)7-15(20)9-16/h2-10,22H,1H3. The zero-order chi connectivity index (χ0) is 16.4. The molecule has 0 atom stereocenters. The largest absolute Gasteiger partial charge is 0.480 e. The minimum atomic E-state index is -0.183. The molecule has 0 aliphatic heterocycles. The molecule has 0 fully saturated rings. The van der Waals surface area contributed by atoms with E-state index in [4.69, 9.17) is 27.6 Å². The van der Waals surface area contributed by atoms with Crippen LogP contribution in [0, 0.1) is 6.92 Å². The van der Waals surface area contributed by atoms with Crippen LogP contribution in [0.5, 0.6) is 5.95 Å². The van der Waals surface area contributed by atoms with Crippen molar-refractivity contribution >= 4 is 35.1 Å². The number of aliphatic imine (C=N–C) groups is 1. The fourth-order valence-corrected chi connectivity index (χ4v) is 2.62. The monoisotopic (exact) mass is 345 g/mol. The number of nitrogens with zero attached hydrogens (tertiary/aromatic N) is 1. The predicted octanol–water partition coefficient (Wildman–Crippen LogP) is 6.02. The number of aryl methyl sites for hydroxylation is 1. The van der Waals surface area contributed by atoms with E-state index in [2.05, 4.69) is 4.99 Å². The van der Waals surface area contributed by atoms with Gasteiger partial charge in [-0.25, -0.2) is 0 Å². The maximum absolute atomic E-state index is 9.92. The number of hydrogen-bond donors (Lipinski definition) is 1. The molecule has 0 amide bonds. The molecular formula is C18H13Cl2NO2. The first kappa shape index (κ1) is 15.7. The van der Waals surface area contributed by atoms with Crippen LogP contribution in [0.1, 0.15) is 11.1 Å². The Morgan fingerprint density at radius 3 is 2.30 bits per heavy atom. The first-order valence-electron chi connectivity index (χ1n) is 6.91. The predicted molar refractivity (Wildman–Crippen MR) is 94.3 cm³/mol. The van der Waals surface area contributed by atoms with Crippen molar-refractivity contribution in [1.29, 1.82) is 0 Å². The molecule has 1 heterocycles. The van der Waals surface area contributed by atoms with Crippen LogP contribution in [-0.2, 0) is 0 Å². The molecule has 0 aliphatic rings. The van der Waals surface area contributed by atoms with Crippen LogP contribution in [0.2, 0.25) is 10.0 Å². The lowest BCUT2D eigenvalue weighted by molar-refractivity contribution is 0.337. The van der Waals surface area contributed by atoms with Crippen LogP contribution in [0.15, 0.2) is 57.9 Å². The van der Waals surface area contributed by atoms with Crippen molar-refractivity contribution in [2.24, 2.45) is 4.99 Å². The lowest BCUT2D eigenvalue weighted by Gasteiger charge is -1.96. The number of rotatable bonds is 3. The van der Waals surface area contributed by atoms with E-state index >= 15 is 0 Å². The molecule has 3 aromatic rings. The van der Waals surface area contributed by atoms with Gasteiger partial charge >= 0.3 is 0 Å². The maximum Gasteiger partial charge on any atom is 0.291 e. The third-order valence-electron chi connectivity index (χ3n) is 3.28. The zero-order valence-corrected chi connectivity index (χ0v) is 13.8. The van der Waals surface area contributed by atoms with E-state index in [0.717, 1.165) is 11.1 Å². The van der Waals surface area contributed by atoms with Gasteiger partial charge in [-0.05, 0) is 31.2 Å². The van der Waals surface area contributed by atoms with Crippen LogP contribution < -0.4 is 0 Å². The summed E-state index contributed by atoms with van der Waals surface area (Å²) < 4.78 is 5.39. The van der Waals surface area contributed by atoms with Gasteiger partial charge in [0.15, 0.2) is 0 Å². The zero-order valence-electron chi connectivity index (χ0n) is 12.3. The van der Waals surface area contributed by atoms with Crippen molar-refractivity contribution < 1.29 is 9.52 Å². The van der Waals surface area contributed by atoms with E-state index in [1.807, 2.05) is 31.2 Å². The quantitative estimate of drug-likeness (QED) is 0.590. The third kappa shape index (κ3) is 3.76. The summed E-state index contributed by atoms with van der Waals surface area (Å²) in [6.45, 7) is 2.01. The topological polar surface area (TPSA) is 45.7 Å². The SMILES string of the molecule is Cc1ccc(-c2cc(C=Nc3cc(Cl)cc(Cl)c3)c(O)o2)cc1. The molecule has 0 unspecified atom stereocenters. The minimum Gasteiger partial charge on any atom is -0.480 e. The molecule has 116 valence electrons. The normalized spacial score (nSPS) is 11.3. The van der Waals surface area contributed by atoms with Crippen molar-refractivity contribution in [3.05, 3.63) is 69.7 Å². The van der Waals surface area contributed by atoms with Crippen molar-refractivity contribution in [1.82, 2.24) is 0 Å². The molecule has 0 spiro atoms. The van der Waals surface area contributed by atoms with Gasteiger partial charge in [0.05, 0.1) is 11.3 Å². The average Bonchev–Trinajstić information content (AvgIpc) is 2.86. The number of benzene rings is 2. The van der Waals surface area contributed by atoms with Gasteiger partial charge in [0.25, 0.3) is 5.95 Å². The van der Waals surface area contributed by atoms with Crippen molar-refractivity contribution in [3.63, 3.8) is 0 Å². The molecule has 0 aliphatic carbocycles. The Morgan fingerprint density at radius 2 is 1.65 bits per heavy atom. The maximum atomic E-state index is 9.92. The van der Waals surface area contributed by atoms with Crippen LogP contribution >= 0.6 is 23.2 Å². The van der Waals surface area contributed by atoms with E-state index in [1.165, 1.54) is 6.21 Å². The molecular weight excluding hydrogens is 333 g/mol. The number of furan rings is 1. The lowest BCUT2D eigenvalue weighted by Crippen LogP contribution is -1.77. The Kier molecular flexibility index (Phi) is 4.42. The van der Waals surface area contributed by atoms with Crippen LogP contribution in [0.3, 0.4) is 0 Å². The average molecular weight is 346 g/mol. The van der Waals surface area contributed by atoms with E-state index in [9.17, 15) is 5.11 Å². The highest BCUT2D eigenvalue weighted by atomic mass is 35.5. The van der Waals surface area contributed by atoms with E-state index < -0.39 is 0 Å². The first-order chi connectivity index (χ1) is 11.0. The fourth-order valence-electron chi connectivity index (χ4n) is 2.11. The summed E-state index contributed by atoms with van der Waals surface area (Å²) in [5.74, 6) is 0.394. The van der Waals surface area contributed by atoms with Gasteiger partial charge in [0, 0.05) is 21.8 Å². The number of halogens is 2. The van der Waals surface area contributed by atoms with Crippen LogP contribution in [0.25, 0.3) is 11.3 Å². The molecule has 0 saturated heterocycles. The van der Waals surface area contributed by atoms with Gasteiger partial charge < -0.3 is 9.52 Å². The van der Waals surface area contributed by atoms with Crippen LogP contribution in [0.4, 0.5) is 5.69 Å². The molecule has 2 aromatic carbocycles. The van der Waals surface area contributed by atoms with Gasteiger partial charge in [0.1, 0.15) is 5.76 Å². The smallest absolute Gasteiger partial charge is 0.291 e. The Balaban J connectivity index is 1.89. The summed E-state index contributed by atoms with van der Waals surface area (Å²) in [4.78, 5) is 4.27. The van der Waals surface area contributed by atoms with Gasteiger partial charge in [0.2, 0.25) is 0 Å². The van der Waals surface area contributed by atoms with Crippen molar-refractivity contribution in [2.45, 2.75) is 6.92 Å². The third-order valence-corrected chi connectivity index (χ3v) is 3.71. The molecule has 1 aromatic heterocycles. The number of hydrogen-bond acceptors (Lipinski definition) is 3. The lowest BCUT2D eigenvalue weighted by atomic mass is 10.1. The molecule has 3 nitrogen and oxygen atoms in total. The van der Waals surface area contributed by atoms with Gasteiger partial charge in [-0.2, -0.15) is 0 Å². The van der Waals surface area contributed by atoms with E-state index in [-0.39, 0.29) is 5.95 Å². The molecule has 0 saturated carbocycles. The molecule has 3 rings (SSSR count). The van der Waals surface area contributed by atoms with Gasteiger partial charge in [-0.1, -0.05) is 53.0 Å². The first-order valence-corrected chi connectivity index (χ1v) is 7.67. The van der Waals surface area contributed by atoms with Gasteiger partial charge in [-0.3, -0.25) is 4.99 Å². The fraction of sp³-hybridized carbons (Fsp3) is 0.0556. The summed E-state index contributed by atoms with van der Waals surface area (Å²) in [5, 5.41) is 10.9. The highest BCUT2D eigenvalue weighted by Crippen LogP contribution is 2.30.